The number of para-hydroxylation sites is 1. The SMILES string of the molecule is O=C1CC/C=C\CN(Cn2nnc3ccccc32)C(=O)[C@@H]2N(CCCCCCO)C(=O)[C@H]3[C@H](C(=O)N[C@H](c4ccccc4)CO1)[C@H]1O[C@@]23C=C1Br. The van der Waals surface area contributed by atoms with E-state index in [0.29, 0.717) is 29.3 Å². The number of ether oxygens (including phenoxy) is 2. The number of likely N-dealkylation sites (tertiary alicyclic amines) is 1. The van der Waals surface area contributed by atoms with E-state index in [-0.39, 0.29) is 51.2 Å². The first-order valence-electron chi connectivity index (χ1n) is 17.5. The second-order valence-electron chi connectivity index (χ2n) is 13.4. The summed E-state index contributed by atoms with van der Waals surface area (Å²) >= 11 is 3.63. The molecule has 7 rings (SSSR count). The number of amides is 3. The van der Waals surface area contributed by atoms with Crippen LogP contribution in [0.4, 0.5) is 0 Å². The summed E-state index contributed by atoms with van der Waals surface area (Å²) in [5.41, 5.74) is 0.761. The predicted octanol–water partition coefficient (Wildman–Crippen LogP) is 3.39. The molecule has 6 atom stereocenters. The van der Waals surface area contributed by atoms with E-state index in [9.17, 15) is 19.5 Å². The molecule has 4 aliphatic rings. The average molecular weight is 762 g/mol. The molecule has 5 heterocycles. The van der Waals surface area contributed by atoms with Crippen LogP contribution < -0.4 is 5.32 Å². The normalized spacial score (nSPS) is 28.9. The Morgan fingerprint density at radius 3 is 2.57 bits per heavy atom. The van der Waals surface area contributed by atoms with Gasteiger partial charge < -0.3 is 29.7 Å². The molecule has 2 saturated heterocycles. The van der Waals surface area contributed by atoms with Crippen molar-refractivity contribution in [1.82, 2.24) is 30.1 Å². The molecule has 0 unspecified atom stereocenters. The predicted molar refractivity (Wildman–Crippen MR) is 189 cm³/mol. The first-order chi connectivity index (χ1) is 24.8. The Labute approximate surface area is 303 Å². The molecule has 2 aromatic carbocycles. The number of carbonyl (C=O) groups excluding carboxylic acids is 4. The van der Waals surface area contributed by atoms with E-state index >= 15 is 4.79 Å². The van der Waals surface area contributed by atoms with Crippen molar-refractivity contribution in [2.24, 2.45) is 11.8 Å². The summed E-state index contributed by atoms with van der Waals surface area (Å²) in [4.78, 5) is 60.1. The topological polar surface area (TPSA) is 156 Å². The minimum atomic E-state index is -1.40. The molecule has 1 aromatic heterocycles. The molecule has 14 heteroatoms. The fourth-order valence-corrected chi connectivity index (χ4v) is 8.54. The summed E-state index contributed by atoms with van der Waals surface area (Å²) in [5.74, 6) is -3.43. The Hall–Kier alpha value is -4.40. The van der Waals surface area contributed by atoms with Crippen molar-refractivity contribution in [2.45, 2.75) is 69.0 Å². The van der Waals surface area contributed by atoms with E-state index in [1.54, 1.807) is 14.5 Å². The molecule has 268 valence electrons. The van der Waals surface area contributed by atoms with Crippen molar-refractivity contribution < 1.29 is 33.8 Å². The summed E-state index contributed by atoms with van der Waals surface area (Å²) in [6, 6.07) is 15.0. The highest BCUT2D eigenvalue weighted by Gasteiger charge is 2.74. The van der Waals surface area contributed by atoms with Crippen molar-refractivity contribution in [1.29, 1.82) is 0 Å². The first-order valence-corrected chi connectivity index (χ1v) is 18.3. The minimum absolute atomic E-state index is 0.0402. The fraction of sp³-hybridized carbons (Fsp3) is 0.459. The Bertz CT molecular complexity index is 1850. The van der Waals surface area contributed by atoms with Gasteiger partial charge in [0, 0.05) is 30.6 Å². The molecular formula is C37H41BrN6O7. The zero-order valence-electron chi connectivity index (χ0n) is 28.1. The molecule has 2 fully saturated rings. The zero-order valence-corrected chi connectivity index (χ0v) is 29.7. The van der Waals surface area contributed by atoms with Crippen LogP contribution in [0.3, 0.4) is 0 Å². The summed E-state index contributed by atoms with van der Waals surface area (Å²) in [6.45, 7) is 0.482. The van der Waals surface area contributed by atoms with Gasteiger partial charge in [-0.25, -0.2) is 4.68 Å². The molecule has 4 aliphatic heterocycles. The van der Waals surface area contributed by atoms with Gasteiger partial charge in [-0.2, -0.15) is 0 Å². The number of aliphatic hydroxyl groups is 1. The van der Waals surface area contributed by atoms with Crippen LogP contribution in [0.5, 0.6) is 0 Å². The van der Waals surface area contributed by atoms with Crippen molar-refractivity contribution in [3.05, 3.63) is 82.9 Å². The van der Waals surface area contributed by atoms with Gasteiger partial charge in [-0.3, -0.25) is 19.2 Å². The number of aliphatic hydroxyl groups excluding tert-OH is 1. The monoisotopic (exact) mass is 760 g/mol. The number of unbranched alkanes of at least 4 members (excludes halogenated alkanes) is 3. The van der Waals surface area contributed by atoms with Gasteiger partial charge in [0.2, 0.25) is 11.8 Å². The third-order valence-electron chi connectivity index (χ3n) is 10.2. The number of carbonyl (C=O) groups is 4. The standard InChI is InChI=1S/C37H41BrN6O7/c38-25-21-37-31-30(32(25)51-37)34(47)39-27(24-13-5-3-6-14-24)22-50-29(46)17-7-4-10-18-42(23-44-28-16-9-8-15-26(28)40-41-44)36(49)33(37)43(35(31)48)19-11-1-2-12-20-45/h3-6,8-10,13-16,21,27,30-33,45H,1-2,7,11-12,17-20,22-23H2,(H,39,47)/b10-4-/t27-,30-,31+,32-,33-,37+/m0/s1. The van der Waals surface area contributed by atoms with Crippen LogP contribution >= 0.6 is 15.9 Å². The van der Waals surface area contributed by atoms with Crippen molar-refractivity contribution in [3.63, 3.8) is 0 Å². The number of nitrogens with one attached hydrogen (secondary N) is 1. The molecule has 2 N–H and O–H groups in total. The number of esters is 1. The lowest BCUT2D eigenvalue weighted by atomic mass is 9.74. The highest BCUT2D eigenvalue weighted by molar-refractivity contribution is 9.11. The Kier molecular flexibility index (Phi) is 10.3. The number of halogens is 1. The molecule has 5 bridgehead atoms. The van der Waals surface area contributed by atoms with Gasteiger partial charge in [0.15, 0.2) is 0 Å². The average Bonchev–Trinajstić information content (AvgIpc) is 3.86. The van der Waals surface area contributed by atoms with Gasteiger partial charge in [-0.15, -0.1) is 5.10 Å². The lowest BCUT2D eigenvalue weighted by Gasteiger charge is -2.35. The molecule has 51 heavy (non-hydrogen) atoms. The smallest absolute Gasteiger partial charge is 0.306 e. The van der Waals surface area contributed by atoms with Crippen LogP contribution in [0.25, 0.3) is 11.0 Å². The number of nitrogens with zero attached hydrogens (tertiary/aromatic N) is 5. The van der Waals surface area contributed by atoms with Crippen LogP contribution in [0, 0.1) is 11.8 Å². The van der Waals surface area contributed by atoms with Gasteiger partial charge in [0.05, 0.1) is 23.4 Å². The summed E-state index contributed by atoms with van der Waals surface area (Å²) in [7, 11) is 0. The fourth-order valence-electron chi connectivity index (χ4n) is 7.80. The Balaban J connectivity index is 1.28. The van der Waals surface area contributed by atoms with E-state index in [0.717, 1.165) is 23.9 Å². The first kappa shape index (κ1) is 35.0. The van der Waals surface area contributed by atoms with Gasteiger partial charge in [-0.05, 0) is 43.0 Å². The maximum atomic E-state index is 15.1. The molecule has 1 spiro atoms. The van der Waals surface area contributed by atoms with Gasteiger partial charge in [0.25, 0.3) is 5.91 Å². The van der Waals surface area contributed by atoms with Gasteiger partial charge in [-0.1, -0.05) is 88.6 Å². The third kappa shape index (κ3) is 6.72. The minimum Gasteiger partial charge on any atom is -0.463 e. The molecule has 0 aliphatic carbocycles. The van der Waals surface area contributed by atoms with Crippen LogP contribution in [-0.4, -0.2) is 97.6 Å². The maximum absolute atomic E-state index is 15.1. The number of fused-ring (bicyclic) bond motifs is 3. The van der Waals surface area contributed by atoms with Gasteiger partial charge in [0.1, 0.15) is 36.5 Å². The lowest BCUT2D eigenvalue weighted by Crippen LogP contribution is -2.56. The zero-order chi connectivity index (χ0) is 35.5. The number of benzene rings is 2. The summed E-state index contributed by atoms with van der Waals surface area (Å²) < 4.78 is 14.6. The van der Waals surface area contributed by atoms with Crippen molar-refractivity contribution in [2.75, 3.05) is 26.3 Å². The summed E-state index contributed by atoms with van der Waals surface area (Å²) in [6.07, 6.45) is 7.98. The lowest BCUT2D eigenvalue weighted by molar-refractivity contribution is -0.149. The van der Waals surface area contributed by atoms with Crippen LogP contribution in [0.15, 0.2) is 77.3 Å². The molecular weight excluding hydrogens is 720 g/mol. The number of aromatic nitrogens is 3. The Morgan fingerprint density at radius 1 is 0.961 bits per heavy atom. The molecule has 3 amide bonds. The van der Waals surface area contributed by atoms with Crippen LogP contribution in [0.1, 0.15) is 50.1 Å². The third-order valence-corrected chi connectivity index (χ3v) is 10.9. The highest BCUT2D eigenvalue weighted by atomic mass is 79.9. The van der Waals surface area contributed by atoms with Crippen LogP contribution in [-0.2, 0) is 35.3 Å². The summed E-state index contributed by atoms with van der Waals surface area (Å²) in [5, 5.41) is 21.0. The second-order valence-corrected chi connectivity index (χ2v) is 14.4. The largest absolute Gasteiger partial charge is 0.463 e. The Morgan fingerprint density at radius 2 is 1.75 bits per heavy atom. The van der Waals surface area contributed by atoms with E-state index < -0.39 is 47.5 Å². The number of rotatable bonds is 9. The number of allylic oxidation sites excluding steroid dienone is 1. The molecule has 0 saturated carbocycles. The molecule has 13 nitrogen and oxygen atoms in total. The van der Waals surface area contributed by atoms with E-state index in [4.69, 9.17) is 9.47 Å². The highest BCUT2D eigenvalue weighted by Crippen LogP contribution is 2.58. The van der Waals surface area contributed by atoms with E-state index in [1.165, 1.54) is 0 Å². The quantitative estimate of drug-likeness (QED) is 0.190. The maximum Gasteiger partial charge on any atom is 0.306 e. The molecule has 0 radical (unpaired) electrons. The van der Waals surface area contributed by atoms with Crippen LogP contribution in [0.2, 0.25) is 0 Å². The second kappa shape index (κ2) is 15.1. The van der Waals surface area contributed by atoms with Crippen molar-refractivity contribution >= 4 is 50.7 Å². The molecule has 3 aromatic rings. The number of cyclic esters (lactones) is 1. The van der Waals surface area contributed by atoms with Crippen molar-refractivity contribution in [3.8, 4) is 0 Å². The van der Waals surface area contributed by atoms with E-state index in [2.05, 4.69) is 31.6 Å². The number of hydrogen-bond donors (Lipinski definition) is 2. The van der Waals surface area contributed by atoms with Gasteiger partial charge >= 0.3 is 5.97 Å². The number of hydrogen-bond acceptors (Lipinski definition) is 9. The van der Waals surface area contributed by atoms with E-state index in [1.807, 2.05) is 72.8 Å².